The lowest BCUT2D eigenvalue weighted by atomic mass is 9.91. The standard InChI is InChI=1S/C16H20N2O2S/c1-10-5-11(2)8-18(7-10)16(20)12-3-4-14-13(6-12)17-15(19)9-21-14/h3-4,6,10-11H,5,7-9H2,1-2H3,(H,17,19). The Morgan fingerprint density at radius 1 is 1.29 bits per heavy atom. The molecule has 2 atom stereocenters. The first-order valence-electron chi connectivity index (χ1n) is 7.39. The average Bonchev–Trinajstić information content (AvgIpc) is 2.44. The van der Waals surface area contributed by atoms with Crippen LogP contribution in [0.1, 0.15) is 30.6 Å². The highest BCUT2D eigenvalue weighted by Gasteiger charge is 2.27. The van der Waals surface area contributed by atoms with E-state index in [1.54, 1.807) is 0 Å². The van der Waals surface area contributed by atoms with Gasteiger partial charge in [0.2, 0.25) is 5.91 Å². The number of hydrogen-bond acceptors (Lipinski definition) is 3. The Morgan fingerprint density at radius 2 is 2.00 bits per heavy atom. The van der Waals surface area contributed by atoms with E-state index in [4.69, 9.17) is 0 Å². The highest BCUT2D eigenvalue weighted by atomic mass is 32.2. The smallest absolute Gasteiger partial charge is 0.253 e. The normalized spacial score (nSPS) is 25.2. The summed E-state index contributed by atoms with van der Waals surface area (Å²) in [5, 5.41) is 2.85. The summed E-state index contributed by atoms with van der Waals surface area (Å²) in [6, 6.07) is 5.62. The third-order valence-corrected chi connectivity index (χ3v) is 5.09. The minimum Gasteiger partial charge on any atom is -0.338 e. The summed E-state index contributed by atoms with van der Waals surface area (Å²) in [5.74, 6) is 1.61. The van der Waals surface area contributed by atoms with Crippen LogP contribution in [0.25, 0.3) is 0 Å². The molecule has 21 heavy (non-hydrogen) atoms. The van der Waals surface area contributed by atoms with Crippen molar-refractivity contribution in [2.75, 3.05) is 24.2 Å². The maximum atomic E-state index is 12.7. The third-order valence-electron chi connectivity index (χ3n) is 4.02. The maximum absolute atomic E-state index is 12.7. The Hall–Kier alpha value is -1.49. The van der Waals surface area contributed by atoms with E-state index >= 15 is 0 Å². The van der Waals surface area contributed by atoms with Gasteiger partial charge in [0.1, 0.15) is 0 Å². The molecule has 0 spiro atoms. The van der Waals surface area contributed by atoms with Crippen LogP contribution in [0.3, 0.4) is 0 Å². The van der Waals surface area contributed by atoms with Crippen LogP contribution in [0.4, 0.5) is 5.69 Å². The molecule has 4 nitrogen and oxygen atoms in total. The van der Waals surface area contributed by atoms with Crippen molar-refractivity contribution >= 4 is 29.3 Å². The number of rotatable bonds is 1. The second kappa shape index (κ2) is 5.72. The van der Waals surface area contributed by atoms with Crippen LogP contribution in [-0.2, 0) is 4.79 Å². The summed E-state index contributed by atoms with van der Waals surface area (Å²) in [6.07, 6.45) is 1.18. The molecule has 0 bridgehead atoms. The number of anilines is 1. The number of nitrogens with zero attached hydrogens (tertiary/aromatic N) is 1. The molecule has 0 aliphatic carbocycles. The fourth-order valence-corrected chi connectivity index (χ4v) is 4.02. The van der Waals surface area contributed by atoms with Gasteiger partial charge in [-0.2, -0.15) is 0 Å². The molecule has 1 N–H and O–H groups in total. The first kappa shape index (κ1) is 14.4. The molecule has 2 aliphatic heterocycles. The average molecular weight is 304 g/mol. The number of likely N-dealkylation sites (tertiary alicyclic amines) is 1. The fraction of sp³-hybridized carbons (Fsp3) is 0.500. The second-order valence-corrected chi connectivity index (χ2v) is 7.22. The van der Waals surface area contributed by atoms with Gasteiger partial charge in [-0.25, -0.2) is 0 Å². The summed E-state index contributed by atoms with van der Waals surface area (Å²) >= 11 is 1.52. The van der Waals surface area contributed by atoms with Crippen molar-refractivity contribution in [3.8, 4) is 0 Å². The van der Waals surface area contributed by atoms with E-state index in [9.17, 15) is 9.59 Å². The minimum atomic E-state index is -0.00249. The van der Waals surface area contributed by atoms with Crippen LogP contribution < -0.4 is 5.32 Å². The van der Waals surface area contributed by atoms with Crippen molar-refractivity contribution in [2.24, 2.45) is 11.8 Å². The second-order valence-electron chi connectivity index (χ2n) is 6.20. The molecule has 2 unspecified atom stereocenters. The van der Waals surface area contributed by atoms with Gasteiger partial charge in [0, 0.05) is 23.5 Å². The zero-order valence-corrected chi connectivity index (χ0v) is 13.2. The lowest BCUT2D eigenvalue weighted by Gasteiger charge is -2.35. The van der Waals surface area contributed by atoms with Crippen molar-refractivity contribution in [2.45, 2.75) is 25.2 Å². The van der Waals surface area contributed by atoms with E-state index in [-0.39, 0.29) is 11.8 Å². The molecule has 1 aromatic carbocycles. The van der Waals surface area contributed by atoms with E-state index in [2.05, 4.69) is 19.2 Å². The Kier molecular flexibility index (Phi) is 3.93. The number of nitrogens with one attached hydrogen (secondary N) is 1. The van der Waals surface area contributed by atoms with Gasteiger partial charge in [0.05, 0.1) is 11.4 Å². The van der Waals surface area contributed by atoms with Crippen LogP contribution in [0.5, 0.6) is 0 Å². The van der Waals surface area contributed by atoms with Crippen LogP contribution in [-0.4, -0.2) is 35.6 Å². The van der Waals surface area contributed by atoms with Gasteiger partial charge >= 0.3 is 0 Å². The first-order valence-corrected chi connectivity index (χ1v) is 8.37. The molecule has 1 saturated heterocycles. The zero-order chi connectivity index (χ0) is 15.0. The van der Waals surface area contributed by atoms with Crippen LogP contribution in [0.15, 0.2) is 23.1 Å². The number of benzene rings is 1. The Morgan fingerprint density at radius 3 is 2.71 bits per heavy atom. The number of carbonyl (C=O) groups is 2. The Labute approximate surface area is 129 Å². The van der Waals surface area contributed by atoms with Gasteiger partial charge in [-0.1, -0.05) is 13.8 Å². The highest BCUT2D eigenvalue weighted by molar-refractivity contribution is 8.00. The SMILES string of the molecule is CC1CC(C)CN(C(=O)c2ccc3c(c2)NC(=O)CS3)C1. The van der Waals surface area contributed by atoms with Gasteiger partial charge in [-0.3, -0.25) is 9.59 Å². The predicted molar refractivity (Wildman–Crippen MR) is 84.6 cm³/mol. The summed E-state index contributed by atoms with van der Waals surface area (Å²) in [5.41, 5.74) is 1.43. The Bertz CT molecular complexity index is 578. The lowest BCUT2D eigenvalue weighted by molar-refractivity contribution is -0.113. The topological polar surface area (TPSA) is 49.4 Å². The van der Waals surface area contributed by atoms with E-state index < -0.39 is 0 Å². The van der Waals surface area contributed by atoms with Crippen molar-refractivity contribution in [3.63, 3.8) is 0 Å². The van der Waals surface area contributed by atoms with Crippen LogP contribution >= 0.6 is 11.8 Å². The minimum absolute atomic E-state index is 0.00249. The third kappa shape index (κ3) is 3.07. The highest BCUT2D eigenvalue weighted by Crippen LogP contribution is 2.32. The largest absolute Gasteiger partial charge is 0.338 e. The quantitative estimate of drug-likeness (QED) is 0.868. The maximum Gasteiger partial charge on any atom is 0.253 e. The molecular formula is C16H20N2O2S. The number of carbonyl (C=O) groups excluding carboxylic acids is 2. The summed E-state index contributed by atoms with van der Waals surface area (Å²) < 4.78 is 0. The predicted octanol–water partition coefficient (Wildman–Crippen LogP) is 2.85. The lowest BCUT2D eigenvalue weighted by Crippen LogP contribution is -2.42. The molecule has 112 valence electrons. The molecule has 2 amide bonds. The molecule has 0 aromatic heterocycles. The number of piperidine rings is 1. The fourth-order valence-electron chi connectivity index (χ4n) is 3.23. The van der Waals surface area contributed by atoms with Gasteiger partial charge in [-0.15, -0.1) is 11.8 Å². The molecule has 1 fully saturated rings. The van der Waals surface area contributed by atoms with Gasteiger partial charge in [0.25, 0.3) is 5.91 Å². The number of thioether (sulfide) groups is 1. The van der Waals surface area contributed by atoms with Crippen molar-refractivity contribution < 1.29 is 9.59 Å². The van der Waals surface area contributed by atoms with E-state index in [1.807, 2.05) is 23.1 Å². The molecule has 5 heteroatoms. The zero-order valence-electron chi connectivity index (χ0n) is 12.4. The van der Waals surface area contributed by atoms with Crippen LogP contribution in [0, 0.1) is 11.8 Å². The van der Waals surface area contributed by atoms with E-state index in [0.717, 1.165) is 23.7 Å². The van der Waals surface area contributed by atoms with E-state index in [0.29, 0.717) is 23.2 Å². The Balaban J connectivity index is 1.81. The summed E-state index contributed by atoms with van der Waals surface area (Å²) in [7, 11) is 0. The molecule has 2 heterocycles. The van der Waals surface area contributed by atoms with Crippen molar-refractivity contribution in [1.82, 2.24) is 4.90 Å². The number of amides is 2. The summed E-state index contributed by atoms with van der Waals surface area (Å²) in [4.78, 5) is 27.1. The molecule has 2 aliphatic rings. The van der Waals surface area contributed by atoms with E-state index in [1.165, 1.54) is 18.2 Å². The van der Waals surface area contributed by atoms with Crippen LogP contribution in [0.2, 0.25) is 0 Å². The first-order chi connectivity index (χ1) is 10.0. The van der Waals surface area contributed by atoms with Gasteiger partial charge in [-0.05, 0) is 36.5 Å². The molecule has 1 aromatic rings. The van der Waals surface area contributed by atoms with Crippen molar-refractivity contribution in [1.29, 1.82) is 0 Å². The summed E-state index contributed by atoms with van der Waals surface area (Å²) in [6.45, 7) is 6.03. The number of fused-ring (bicyclic) bond motifs is 1. The molecule has 3 rings (SSSR count). The molecule has 0 radical (unpaired) electrons. The van der Waals surface area contributed by atoms with Gasteiger partial charge < -0.3 is 10.2 Å². The molecular weight excluding hydrogens is 284 g/mol. The number of hydrogen-bond donors (Lipinski definition) is 1. The van der Waals surface area contributed by atoms with Gasteiger partial charge in [0.15, 0.2) is 0 Å². The molecule has 0 saturated carbocycles. The monoisotopic (exact) mass is 304 g/mol. The van der Waals surface area contributed by atoms with Crippen molar-refractivity contribution in [3.05, 3.63) is 23.8 Å².